The molecule has 3 rings (SSSR count). The van der Waals surface area contributed by atoms with E-state index < -0.39 is 6.10 Å². The minimum absolute atomic E-state index is 0.161. The predicted octanol–water partition coefficient (Wildman–Crippen LogP) is 3.19. The van der Waals surface area contributed by atoms with E-state index in [1.54, 1.807) is 31.2 Å². The zero-order chi connectivity index (χ0) is 19.2. The Labute approximate surface area is 158 Å². The number of carbonyl (C=O) groups excluding carboxylic acids is 1. The first-order chi connectivity index (χ1) is 13.1. The fourth-order valence-electron chi connectivity index (χ4n) is 2.94. The van der Waals surface area contributed by atoms with Gasteiger partial charge in [0.1, 0.15) is 11.6 Å². The number of amides is 1. The second-order valence-electron chi connectivity index (χ2n) is 6.34. The largest absolute Gasteiger partial charge is 0.481 e. The molecule has 0 aliphatic carbocycles. The van der Waals surface area contributed by atoms with Crippen molar-refractivity contribution < 1.29 is 9.53 Å². The van der Waals surface area contributed by atoms with E-state index in [9.17, 15) is 4.79 Å². The van der Waals surface area contributed by atoms with E-state index in [0.29, 0.717) is 17.9 Å². The summed E-state index contributed by atoms with van der Waals surface area (Å²) in [7, 11) is 0. The molecule has 0 bridgehead atoms. The highest BCUT2D eigenvalue weighted by Crippen LogP contribution is 2.16. The van der Waals surface area contributed by atoms with Crippen LogP contribution in [0.4, 0.5) is 0 Å². The van der Waals surface area contributed by atoms with Crippen LogP contribution in [0, 0.1) is 18.3 Å². The Morgan fingerprint density at radius 1 is 1.26 bits per heavy atom. The van der Waals surface area contributed by atoms with Crippen molar-refractivity contribution in [2.24, 2.45) is 0 Å². The summed E-state index contributed by atoms with van der Waals surface area (Å²) in [6.07, 6.45) is 0.199. The van der Waals surface area contributed by atoms with Crippen molar-refractivity contribution in [2.45, 2.75) is 32.9 Å². The summed E-state index contributed by atoms with van der Waals surface area (Å²) in [5.74, 6) is 1.38. The van der Waals surface area contributed by atoms with E-state index in [1.165, 1.54) is 0 Å². The average molecular weight is 362 g/mol. The second kappa shape index (κ2) is 8.37. The van der Waals surface area contributed by atoms with Gasteiger partial charge in [-0.05, 0) is 56.7 Å². The molecule has 2 aromatic carbocycles. The van der Waals surface area contributed by atoms with E-state index >= 15 is 0 Å². The van der Waals surface area contributed by atoms with Crippen LogP contribution in [-0.4, -0.2) is 28.1 Å². The number of nitrogens with one attached hydrogen (secondary N) is 1. The Hall–Kier alpha value is -3.33. The molecule has 1 aromatic heterocycles. The minimum atomic E-state index is -0.603. The van der Waals surface area contributed by atoms with Gasteiger partial charge in [0.05, 0.1) is 22.7 Å². The first-order valence-electron chi connectivity index (χ1n) is 8.95. The third kappa shape index (κ3) is 4.45. The number of imidazole rings is 1. The van der Waals surface area contributed by atoms with Crippen LogP contribution >= 0.6 is 0 Å². The molecule has 6 heteroatoms. The molecule has 0 radical (unpaired) electrons. The van der Waals surface area contributed by atoms with E-state index in [-0.39, 0.29) is 5.91 Å². The van der Waals surface area contributed by atoms with Gasteiger partial charge in [-0.2, -0.15) is 5.26 Å². The van der Waals surface area contributed by atoms with E-state index in [4.69, 9.17) is 10.00 Å². The van der Waals surface area contributed by atoms with Crippen molar-refractivity contribution in [3.8, 4) is 11.8 Å². The minimum Gasteiger partial charge on any atom is -0.481 e. The number of rotatable bonds is 7. The number of para-hydroxylation sites is 2. The molecule has 1 heterocycles. The molecule has 0 aliphatic heterocycles. The number of carbonyl (C=O) groups is 1. The zero-order valence-corrected chi connectivity index (χ0v) is 15.5. The highest BCUT2D eigenvalue weighted by atomic mass is 16.5. The Kier molecular flexibility index (Phi) is 5.72. The van der Waals surface area contributed by atoms with Gasteiger partial charge in [-0.1, -0.05) is 12.1 Å². The van der Waals surface area contributed by atoms with Crippen molar-refractivity contribution in [3.05, 3.63) is 59.9 Å². The molecule has 0 fully saturated rings. The van der Waals surface area contributed by atoms with Crippen LogP contribution in [0.1, 0.15) is 24.7 Å². The smallest absolute Gasteiger partial charge is 0.260 e. The molecule has 6 nitrogen and oxygen atoms in total. The van der Waals surface area contributed by atoms with Gasteiger partial charge in [0.15, 0.2) is 6.10 Å². The van der Waals surface area contributed by atoms with Crippen molar-refractivity contribution in [1.29, 1.82) is 5.26 Å². The topological polar surface area (TPSA) is 79.9 Å². The lowest BCUT2D eigenvalue weighted by atomic mass is 10.2. The van der Waals surface area contributed by atoms with Crippen LogP contribution in [0.2, 0.25) is 0 Å². The monoisotopic (exact) mass is 362 g/mol. The number of benzene rings is 2. The van der Waals surface area contributed by atoms with Gasteiger partial charge >= 0.3 is 0 Å². The number of aryl methyl sites for hydroxylation is 2. The molecular weight excluding hydrogens is 340 g/mol. The van der Waals surface area contributed by atoms with Crippen molar-refractivity contribution in [2.75, 3.05) is 6.54 Å². The van der Waals surface area contributed by atoms with Gasteiger partial charge in [-0.3, -0.25) is 4.79 Å². The molecule has 1 atom stereocenters. The molecule has 138 valence electrons. The van der Waals surface area contributed by atoms with Gasteiger partial charge in [-0.15, -0.1) is 0 Å². The highest BCUT2D eigenvalue weighted by Gasteiger charge is 2.14. The summed E-state index contributed by atoms with van der Waals surface area (Å²) in [5, 5.41) is 11.7. The summed E-state index contributed by atoms with van der Waals surface area (Å²) < 4.78 is 7.78. The Bertz CT molecular complexity index is 970. The number of fused-ring (bicyclic) bond motifs is 1. The Morgan fingerprint density at radius 3 is 2.74 bits per heavy atom. The summed E-state index contributed by atoms with van der Waals surface area (Å²) in [6.45, 7) is 5.05. The Balaban J connectivity index is 1.47. The molecule has 0 aliphatic rings. The predicted molar refractivity (Wildman–Crippen MR) is 103 cm³/mol. The fourth-order valence-corrected chi connectivity index (χ4v) is 2.94. The first-order valence-corrected chi connectivity index (χ1v) is 8.95. The molecule has 1 N–H and O–H groups in total. The standard InChI is InChI=1S/C21H22N4O2/c1-15(27-18-10-8-17(14-22)9-11-18)21(26)23-12-5-13-25-16(2)24-19-6-3-4-7-20(19)25/h3-4,6-11,15H,5,12-13H2,1-2H3,(H,23,26). The number of ether oxygens (including phenoxy) is 1. The van der Waals surface area contributed by atoms with Gasteiger partial charge in [-0.25, -0.2) is 4.98 Å². The molecule has 0 spiro atoms. The fraction of sp³-hybridized carbons (Fsp3) is 0.286. The van der Waals surface area contributed by atoms with E-state index in [0.717, 1.165) is 29.8 Å². The molecule has 27 heavy (non-hydrogen) atoms. The van der Waals surface area contributed by atoms with Crippen LogP contribution in [0.5, 0.6) is 5.75 Å². The van der Waals surface area contributed by atoms with Gasteiger partial charge in [0, 0.05) is 13.1 Å². The van der Waals surface area contributed by atoms with Crippen LogP contribution in [0.3, 0.4) is 0 Å². The quantitative estimate of drug-likeness (QED) is 0.655. The number of aromatic nitrogens is 2. The van der Waals surface area contributed by atoms with Gasteiger partial charge in [0.25, 0.3) is 5.91 Å². The molecule has 3 aromatic rings. The maximum atomic E-state index is 12.2. The molecule has 0 saturated heterocycles. The summed E-state index contributed by atoms with van der Waals surface area (Å²) in [4.78, 5) is 16.8. The number of nitrogens with zero attached hydrogens (tertiary/aromatic N) is 3. The summed E-state index contributed by atoms with van der Waals surface area (Å²) >= 11 is 0. The van der Waals surface area contributed by atoms with Crippen molar-refractivity contribution in [3.63, 3.8) is 0 Å². The lowest BCUT2D eigenvalue weighted by Gasteiger charge is -2.15. The number of nitriles is 1. The maximum Gasteiger partial charge on any atom is 0.260 e. The lowest BCUT2D eigenvalue weighted by molar-refractivity contribution is -0.127. The first kappa shape index (κ1) is 18.5. The molecule has 0 saturated carbocycles. The second-order valence-corrected chi connectivity index (χ2v) is 6.34. The zero-order valence-electron chi connectivity index (χ0n) is 15.5. The van der Waals surface area contributed by atoms with Gasteiger partial charge < -0.3 is 14.6 Å². The van der Waals surface area contributed by atoms with Crippen LogP contribution in [0.25, 0.3) is 11.0 Å². The van der Waals surface area contributed by atoms with Crippen molar-refractivity contribution in [1.82, 2.24) is 14.9 Å². The maximum absolute atomic E-state index is 12.2. The van der Waals surface area contributed by atoms with Crippen LogP contribution in [-0.2, 0) is 11.3 Å². The molecule has 1 unspecified atom stereocenters. The normalized spacial score (nSPS) is 11.7. The SMILES string of the molecule is Cc1nc2ccccc2n1CCCNC(=O)C(C)Oc1ccc(C#N)cc1. The van der Waals surface area contributed by atoms with Crippen LogP contribution < -0.4 is 10.1 Å². The Morgan fingerprint density at radius 2 is 2.00 bits per heavy atom. The lowest BCUT2D eigenvalue weighted by Crippen LogP contribution is -2.37. The molecular formula is C21H22N4O2. The average Bonchev–Trinajstić information content (AvgIpc) is 3.00. The van der Waals surface area contributed by atoms with E-state index in [1.807, 2.05) is 31.2 Å². The van der Waals surface area contributed by atoms with Crippen molar-refractivity contribution >= 4 is 16.9 Å². The number of hydrogen-bond donors (Lipinski definition) is 1. The van der Waals surface area contributed by atoms with Crippen LogP contribution in [0.15, 0.2) is 48.5 Å². The number of hydrogen-bond acceptors (Lipinski definition) is 4. The van der Waals surface area contributed by atoms with E-state index in [2.05, 4.69) is 20.9 Å². The molecule has 1 amide bonds. The summed E-state index contributed by atoms with van der Waals surface area (Å²) in [6, 6.07) is 16.8. The third-order valence-electron chi connectivity index (χ3n) is 4.37. The highest BCUT2D eigenvalue weighted by molar-refractivity contribution is 5.80. The van der Waals surface area contributed by atoms with Gasteiger partial charge in [0.2, 0.25) is 0 Å². The third-order valence-corrected chi connectivity index (χ3v) is 4.37. The summed E-state index contributed by atoms with van der Waals surface area (Å²) in [5.41, 5.74) is 2.66.